The zero-order chi connectivity index (χ0) is 54.7. The number of para-hydroxylation sites is 4. The zero-order valence-electron chi connectivity index (χ0n) is 43.4. The molecule has 0 aliphatic heterocycles. The van der Waals surface area contributed by atoms with Crippen LogP contribution in [-0.2, 0) is 61.8 Å². The first kappa shape index (κ1) is 76.8. The molecule has 0 aliphatic carbocycles. The predicted molar refractivity (Wildman–Crippen MR) is 307 cm³/mol. The van der Waals surface area contributed by atoms with E-state index in [0.717, 1.165) is 51.8 Å². The molecule has 0 bridgehead atoms. The molecule has 0 saturated carbocycles. The van der Waals surface area contributed by atoms with E-state index in [1.54, 1.807) is 32.9 Å². The Hall–Kier alpha value is -7.45. The van der Waals surface area contributed by atoms with Gasteiger partial charge in [-0.3, -0.25) is 14.2 Å². The Bertz CT molecular complexity index is 3060. The van der Waals surface area contributed by atoms with Gasteiger partial charge < -0.3 is 47.7 Å². The molecule has 3 N–H and O–H groups in total. The van der Waals surface area contributed by atoms with E-state index in [1.807, 2.05) is 213 Å². The molecule has 8 rings (SSSR count). The number of benzene rings is 4. The first-order valence-corrected chi connectivity index (χ1v) is 26.0. The van der Waals surface area contributed by atoms with Crippen LogP contribution in [0.1, 0.15) is 77.0 Å². The van der Waals surface area contributed by atoms with Crippen LogP contribution in [-0.4, -0.2) is 83.9 Å². The van der Waals surface area contributed by atoms with Crippen molar-refractivity contribution in [3.8, 4) is 22.7 Å². The summed E-state index contributed by atoms with van der Waals surface area (Å²) in [5.41, 5.74) is 7.45. The van der Waals surface area contributed by atoms with E-state index >= 15 is 0 Å². The SMILES string of the molecule is C.C.C.CCOC(=O)/C=C/c1ccccc1-n1cccc1.CCOP(=O)(CC(C)=O)OCC.O=C(O)/C=C/c1ccccc1-n1cccc1.O=Cc1ccccc1-n1cccc1.OCc1ccccc1-n1cccc1.[Li+].[OH-].[O]=[Mn]=[O]. The zero-order valence-corrected chi connectivity index (χ0v) is 45.5. The number of aliphatic hydroxyl groups excluding tert-OH is 1. The molecule has 0 aliphatic rings. The number of hydrogen-bond donors (Lipinski definition) is 2. The molecule has 0 atom stereocenters. The van der Waals surface area contributed by atoms with Gasteiger partial charge in [0.15, 0.2) is 6.29 Å². The van der Waals surface area contributed by atoms with Gasteiger partial charge in [-0.15, -0.1) is 0 Å². The van der Waals surface area contributed by atoms with Crippen LogP contribution < -0.4 is 18.9 Å². The molecular formula is C60H74LiMnN4O13P. The van der Waals surface area contributed by atoms with Gasteiger partial charge in [-0.2, -0.15) is 0 Å². The number of hydrogen-bond acceptors (Lipinski definition) is 12. The minimum atomic E-state index is -3.12. The summed E-state index contributed by atoms with van der Waals surface area (Å²) in [5, 5.41) is 17.7. The van der Waals surface area contributed by atoms with Crippen LogP contribution in [0.3, 0.4) is 0 Å². The second kappa shape index (κ2) is 44.4. The molecule has 0 fully saturated rings. The minimum absolute atomic E-state index is 0. The number of esters is 1. The molecule has 4 aromatic heterocycles. The van der Waals surface area contributed by atoms with Crippen molar-refractivity contribution in [2.24, 2.45) is 0 Å². The van der Waals surface area contributed by atoms with Gasteiger partial charge in [-0.05, 0) is 130 Å². The number of nitrogens with zero attached hydrogens (tertiary/aromatic N) is 4. The summed E-state index contributed by atoms with van der Waals surface area (Å²) in [6.07, 6.45) is 22.3. The second-order valence-electron chi connectivity index (χ2n) is 15.1. The van der Waals surface area contributed by atoms with E-state index < -0.39 is 28.4 Å². The van der Waals surface area contributed by atoms with E-state index in [9.17, 15) is 23.7 Å². The fourth-order valence-corrected chi connectivity index (χ4v) is 8.32. The number of aliphatic hydroxyl groups is 1. The van der Waals surface area contributed by atoms with Gasteiger partial charge in [0, 0.05) is 72.9 Å². The Kier molecular flexibility index (Phi) is 42.6. The van der Waals surface area contributed by atoms with Crippen LogP contribution >= 0.6 is 7.60 Å². The monoisotopic (exact) mass is 1150 g/mol. The number of aromatic nitrogens is 4. The molecule has 0 amide bonds. The van der Waals surface area contributed by atoms with Crippen molar-refractivity contribution < 1.29 is 94.6 Å². The molecule has 80 heavy (non-hydrogen) atoms. The van der Waals surface area contributed by atoms with E-state index in [0.29, 0.717) is 25.4 Å². The maximum absolute atomic E-state index is 11.6. The molecule has 4 aromatic carbocycles. The standard InChI is InChI=1S/C15H15NO2.C13H11NO2.C11H11NO.C11H9NO.C7H15O4P.3CH4.Li.Mn.H2O.2O/c1-2-18-15(17)10-9-13-7-3-4-8-14(13)16-11-5-6-12-16;15-13(16)8-7-11-5-1-2-6-12(11)14-9-3-4-10-14;2*13-9-10-5-1-2-6-11(10)12-7-3-4-8-12;1-4-10-12(9,11-5-2)6-7(3)8;;;;;;;;/h3-12H,2H2,1H3;1-10H,(H,15,16);1-8,13H,9H2;1-9H;4-6H2,1-3H3;3*1H4;;;1H2;;/q;;;;;;;;+1;;;;/p-1/b10-9+;8-7+;;;;;;;;;;;. The Balaban J connectivity index is -0.000000907. The molecule has 0 unspecified atom stereocenters. The first-order chi connectivity index (χ1) is 36.4. The van der Waals surface area contributed by atoms with Gasteiger partial charge in [0.25, 0.3) is 0 Å². The van der Waals surface area contributed by atoms with Crippen LogP contribution in [0.4, 0.5) is 0 Å². The van der Waals surface area contributed by atoms with Gasteiger partial charge in [-0.1, -0.05) is 89.0 Å². The van der Waals surface area contributed by atoms with Crippen LogP contribution in [0.5, 0.6) is 0 Å². The Morgan fingerprint density at radius 2 is 0.863 bits per heavy atom. The van der Waals surface area contributed by atoms with Crippen LogP contribution in [0, 0.1) is 0 Å². The molecule has 17 nitrogen and oxygen atoms in total. The summed E-state index contributed by atoms with van der Waals surface area (Å²) in [6, 6.07) is 46.4. The number of carboxylic acids is 1. The van der Waals surface area contributed by atoms with E-state index in [-0.39, 0.29) is 71.1 Å². The molecule has 425 valence electrons. The van der Waals surface area contributed by atoms with Gasteiger partial charge in [0.05, 0.1) is 49.2 Å². The van der Waals surface area contributed by atoms with Gasteiger partial charge in [-0.25, -0.2) is 9.59 Å². The molecule has 0 saturated heterocycles. The topological polar surface area (TPSA) is 237 Å². The van der Waals surface area contributed by atoms with E-state index in [1.165, 1.54) is 13.0 Å². The predicted octanol–water partition coefficient (Wildman–Crippen LogP) is 10.2. The number of ketones is 1. The van der Waals surface area contributed by atoms with Gasteiger partial charge in [0.2, 0.25) is 0 Å². The number of Topliss-reactive ketones (excluding diaryl/α,β-unsaturated/α-hetero) is 1. The summed E-state index contributed by atoms with van der Waals surface area (Å²) in [4.78, 5) is 43.2. The number of carboxylic acid groups (broad SMARTS) is 1. The van der Waals surface area contributed by atoms with Crippen LogP contribution in [0.15, 0.2) is 207 Å². The quantitative estimate of drug-likeness (QED) is 0.0284. The molecule has 8 aromatic rings. The van der Waals surface area contributed by atoms with Crippen LogP contribution in [0.2, 0.25) is 0 Å². The van der Waals surface area contributed by atoms with Crippen LogP contribution in [0.25, 0.3) is 34.9 Å². The Morgan fingerprint density at radius 3 is 1.20 bits per heavy atom. The number of rotatable bonds is 17. The van der Waals surface area contributed by atoms with Crippen molar-refractivity contribution in [1.29, 1.82) is 0 Å². The fourth-order valence-electron chi connectivity index (χ4n) is 6.73. The van der Waals surface area contributed by atoms with Crippen molar-refractivity contribution in [2.75, 3.05) is 26.0 Å². The third-order valence-corrected chi connectivity index (χ3v) is 11.9. The first-order valence-electron chi connectivity index (χ1n) is 23.3. The fraction of sp³-hybridized carbons (Fsp3) is 0.200. The van der Waals surface area contributed by atoms with Gasteiger partial charge >= 0.3 is 60.9 Å². The van der Waals surface area contributed by atoms with Crippen molar-refractivity contribution in [3.05, 3.63) is 230 Å². The summed E-state index contributed by atoms with van der Waals surface area (Å²) in [6.45, 7) is 7.65. The van der Waals surface area contributed by atoms with Gasteiger partial charge in [0.1, 0.15) is 11.9 Å². The average molecular weight is 1150 g/mol. The molecule has 0 radical (unpaired) electrons. The Morgan fingerprint density at radius 1 is 0.537 bits per heavy atom. The summed E-state index contributed by atoms with van der Waals surface area (Å²) in [7, 11) is -3.12. The van der Waals surface area contributed by atoms with Crippen molar-refractivity contribution in [3.63, 3.8) is 0 Å². The number of aldehydes is 1. The van der Waals surface area contributed by atoms with Crippen molar-refractivity contribution in [1.82, 2.24) is 18.3 Å². The number of carbonyl (C=O) groups excluding carboxylic acids is 3. The Labute approximate surface area is 488 Å². The normalized spacial score (nSPS) is 9.71. The number of carbonyl (C=O) groups is 4. The summed E-state index contributed by atoms with van der Waals surface area (Å²) < 4.78 is 50.9. The second-order valence-corrected chi connectivity index (χ2v) is 17.3. The summed E-state index contributed by atoms with van der Waals surface area (Å²) >= 11 is -1.44. The number of ether oxygens (including phenoxy) is 1. The molecule has 0 spiro atoms. The molecule has 20 heteroatoms. The summed E-state index contributed by atoms with van der Waals surface area (Å²) in [5.74, 6) is -1.44. The van der Waals surface area contributed by atoms with E-state index in [2.05, 4.69) is 0 Å². The van der Waals surface area contributed by atoms with Crippen molar-refractivity contribution >= 4 is 43.8 Å². The average Bonchev–Trinajstić information content (AvgIpc) is 4.29. The third kappa shape index (κ3) is 27.9. The van der Waals surface area contributed by atoms with E-state index in [4.69, 9.17) is 31.7 Å². The van der Waals surface area contributed by atoms with Crippen molar-refractivity contribution in [2.45, 2.75) is 56.6 Å². The number of aliphatic carboxylic acids is 1. The molecule has 4 heterocycles. The maximum atomic E-state index is 11.6. The third-order valence-electron chi connectivity index (χ3n) is 9.79. The molecular weight excluding hydrogens is 1080 g/mol.